The summed E-state index contributed by atoms with van der Waals surface area (Å²) in [5.41, 5.74) is 0. The van der Waals surface area contributed by atoms with Crippen molar-refractivity contribution in [1.29, 1.82) is 0 Å². The van der Waals surface area contributed by atoms with Crippen LogP contribution in [0.2, 0.25) is 0 Å². The molecular weight excluding hydrogens is 350 g/mol. The van der Waals surface area contributed by atoms with E-state index in [1.807, 2.05) is 0 Å². The monoisotopic (exact) mass is 369 g/mol. The summed E-state index contributed by atoms with van der Waals surface area (Å²) in [4.78, 5) is 19.7. The summed E-state index contributed by atoms with van der Waals surface area (Å²) >= 11 is 0. The molecule has 1 aliphatic rings. The number of sulfonamides is 1. The first-order valence-corrected chi connectivity index (χ1v) is 9.72. The molecule has 0 bridgehead atoms. The van der Waals surface area contributed by atoms with Gasteiger partial charge in [0.2, 0.25) is 21.7 Å². The number of amides is 1. The van der Waals surface area contributed by atoms with E-state index in [0.717, 1.165) is 0 Å². The fourth-order valence-corrected chi connectivity index (χ4v) is 3.55. The van der Waals surface area contributed by atoms with Crippen molar-refractivity contribution >= 4 is 15.9 Å². The molecule has 136 valence electrons. The van der Waals surface area contributed by atoms with E-state index in [2.05, 4.69) is 20.4 Å². The molecule has 0 unspecified atom stereocenters. The van der Waals surface area contributed by atoms with Gasteiger partial charge in [-0.2, -0.15) is 4.98 Å². The molecule has 0 aromatic carbocycles. The first-order chi connectivity index (χ1) is 11.9. The molecule has 0 aliphatic carbocycles. The smallest absolute Gasteiger partial charge is 0.288 e. The zero-order valence-corrected chi connectivity index (χ0v) is 14.5. The third kappa shape index (κ3) is 4.42. The molecule has 0 spiro atoms. The van der Waals surface area contributed by atoms with Crippen molar-refractivity contribution in [2.75, 3.05) is 25.9 Å². The first-order valence-electron chi connectivity index (χ1n) is 7.88. The summed E-state index contributed by atoms with van der Waals surface area (Å²) in [5.74, 6) is 0.886. The molecule has 1 fully saturated rings. The van der Waals surface area contributed by atoms with Gasteiger partial charge in [0.05, 0.1) is 12.5 Å². The second-order valence-corrected chi connectivity index (χ2v) is 7.84. The number of rotatable bonds is 6. The Kier molecular flexibility index (Phi) is 5.13. The number of nitrogens with one attached hydrogen (secondary N) is 1. The lowest BCUT2D eigenvalue weighted by Gasteiger charge is -2.28. The number of oxazole rings is 1. The fraction of sp³-hybridized carbons (Fsp3) is 0.571. The van der Waals surface area contributed by atoms with Crippen LogP contribution >= 0.6 is 0 Å². The molecule has 1 aliphatic heterocycles. The Morgan fingerprint density at radius 3 is 2.80 bits per heavy atom. The van der Waals surface area contributed by atoms with Gasteiger partial charge in [0.15, 0.2) is 12.2 Å². The number of hydrogen-bond donors (Lipinski definition) is 1. The van der Waals surface area contributed by atoms with Crippen LogP contribution in [0.3, 0.4) is 0 Å². The topological polar surface area (TPSA) is 131 Å². The van der Waals surface area contributed by atoms with Gasteiger partial charge in [-0.1, -0.05) is 5.16 Å². The molecule has 2 aromatic heterocycles. The second kappa shape index (κ2) is 7.31. The third-order valence-corrected chi connectivity index (χ3v) is 5.36. The highest BCUT2D eigenvalue weighted by molar-refractivity contribution is 7.88. The van der Waals surface area contributed by atoms with Crippen LogP contribution < -0.4 is 5.32 Å². The summed E-state index contributed by atoms with van der Waals surface area (Å²) in [6.07, 6.45) is 5.46. The predicted molar refractivity (Wildman–Crippen MR) is 85.2 cm³/mol. The van der Waals surface area contributed by atoms with Gasteiger partial charge in [0.1, 0.15) is 0 Å². The largest absolute Gasteiger partial charge is 0.438 e. The lowest BCUT2D eigenvalue weighted by molar-refractivity contribution is 0.0925. The van der Waals surface area contributed by atoms with E-state index in [1.54, 1.807) is 0 Å². The maximum Gasteiger partial charge on any atom is 0.288 e. The van der Waals surface area contributed by atoms with Crippen molar-refractivity contribution in [3.05, 3.63) is 30.1 Å². The van der Waals surface area contributed by atoms with Crippen LogP contribution in [0.5, 0.6) is 0 Å². The standard InChI is InChI=1S/C14H19N5O5S/c1-25(21,22)19-6-3-10(4-7-19)13-17-12(24-18-13)2-5-16-14(20)11-8-15-9-23-11/h8-10H,2-7H2,1H3,(H,16,20). The Morgan fingerprint density at radius 1 is 1.40 bits per heavy atom. The molecule has 2 aromatic rings. The zero-order valence-electron chi connectivity index (χ0n) is 13.7. The van der Waals surface area contributed by atoms with Gasteiger partial charge in [0, 0.05) is 32.0 Å². The van der Waals surface area contributed by atoms with Crippen molar-refractivity contribution < 1.29 is 22.2 Å². The number of hydrogen-bond acceptors (Lipinski definition) is 8. The van der Waals surface area contributed by atoms with E-state index >= 15 is 0 Å². The summed E-state index contributed by atoms with van der Waals surface area (Å²) < 4.78 is 34.6. The number of carbonyl (C=O) groups is 1. The van der Waals surface area contributed by atoms with Gasteiger partial charge >= 0.3 is 0 Å². The van der Waals surface area contributed by atoms with Crippen molar-refractivity contribution in [1.82, 2.24) is 24.7 Å². The van der Waals surface area contributed by atoms with Crippen LogP contribution in [0.15, 0.2) is 21.5 Å². The summed E-state index contributed by atoms with van der Waals surface area (Å²) in [6, 6.07) is 0. The molecule has 0 saturated carbocycles. The Morgan fingerprint density at radius 2 is 2.16 bits per heavy atom. The SMILES string of the molecule is CS(=O)(=O)N1CCC(c2noc(CCNC(=O)c3cnco3)n2)CC1. The predicted octanol–water partition coefficient (Wildman–Crippen LogP) is 0.169. The van der Waals surface area contributed by atoms with E-state index in [1.165, 1.54) is 23.2 Å². The molecule has 3 rings (SSSR count). The maximum absolute atomic E-state index is 11.7. The Hall–Kier alpha value is -2.27. The van der Waals surface area contributed by atoms with E-state index in [-0.39, 0.29) is 17.6 Å². The molecule has 10 nitrogen and oxygen atoms in total. The van der Waals surface area contributed by atoms with Crippen LogP contribution in [-0.4, -0.2) is 59.6 Å². The van der Waals surface area contributed by atoms with E-state index in [9.17, 15) is 13.2 Å². The maximum atomic E-state index is 11.7. The highest BCUT2D eigenvalue weighted by Crippen LogP contribution is 2.26. The Balaban J connectivity index is 1.47. The van der Waals surface area contributed by atoms with Crippen molar-refractivity contribution in [3.8, 4) is 0 Å². The minimum absolute atomic E-state index is 0.0827. The average Bonchev–Trinajstić information content (AvgIpc) is 3.26. The summed E-state index contributed by atoms with van der Waals surface area (Å²) in [7, 11) is -3.15. The molecule has 1 N–H and O–H groups in total. The van der Waals surface area contributed by atoms with Gasteiger partial charge in [-0.3, -0.25) is 4.79 Å². The molecule has 25 heavy (non-hydrogen) atoms. The third-order valence-electron chi connectivity index (χ3n) is 4.05. The fourth-order valence-electron chi connectivity index (χ4n) is 2.68. The Labute approximate surface area is 144 Å². The average molecular weight is 369 g/mol. The van der Waals surface area contributed by atoms with Crippen LogP contribution in [0.1, 0.15) is 41.0 Å². The molecular formula is C14H19N5O5S. The van der Waals surface area contributed by atoms with Gasteiger partial charge in [-0.15, -0.1) is 0 Å². The van der Waals surface area contributed by atoms with Gasteiger partial charge < -0.3 is 14.3 Å². The van der Waals surface area contributed by atoms with Gasteiger partial charge in [-0.25, -0.2) is 17.7 Å². The minimum atomic E-state index is -3.15. The first kappa shape index (κ1) is 17.5. The second-order valence-electron chi connectivity index (χ2n) is 5.85. The van der Waals surface area contributed by atoms with E-state index in [4.69, 9.17) is 8.94 Å². The molecule has 0 atom stereocenters. The molecule has 11 heteroatoms. The van der Waals surface area contributed by atoms with E-state index < -0.39 is 10.0 Å². The number of aromatic nitrogens is 3. The Bertz CT molecular complexity index is 809. The molecule has 0 radical (unpaired) electrons. The summed E-state index contributed by atoms with van der Waals surface area (Å²) in [6.45, 7) is 1.24. The van der Waals surface area contributed by atoms with Crippen LogP contribution in [-0.2, 0) is 16.4 Å². The van der Waals surface area contributed by atoms with Gasteiger partial charge in [0.25, 0.3) is 5.91 Å². The van der Waals surface area contributed by atoms with Gasteiger partial charge in [-0.05, 0) is 12.8 Å². The van der Waals surface area contributed by atoms with E-state index in [0.29, 0.717) is 50.6 Å². The summed E-state index contributed by atoms with van der Waals surface area (Å²) in [5, 5.41) is 6.65. The number of nitrogens with zero attached hydrogens (tertiary/aromatic N) is 4. The van der Waals surface area contributed by atoms with Crippen molar-refractivity contribution in [2.45, 2.75) is 25.2 Å². The quantitative estimate of drug-likeness (QED) is 0.762. The zero-order chi connectivity index (χ0) is 17.9. The normalized spacial score (nSPS) is 16.8. The lowest BCUT2D eigenvalue weighted by atomic mass is 9.97. The highest BCUT2D eigenvalue weighted by Gasteiger charge is 2.28. The lowest BCUT2D eigenvalue weighted by Crippen LogP contribution is -2.37. The molecule has 1 saturated heterocycles. The van der Waals surface area contributed by atoms with Crippen LogP contribution in [0, 0.1) is 0 Å². The highest BCUT2D eigenvalue weighted by atomic mass is 32.2. The number of piperidine rings is 1. The van der Waals surface area contributed by atoms with Crippen LogP contribution in [0.4, 0.5) is 0 Å². The number of carbonyl (C=O) groups excluding carboxylic acids is 1. The molecule has 3 heterocycles. The minimum Gasteiger partial charge on any atom is -0.438 e. The molecule has 1 amide bonds. The van der Waals surface area contributed by atoms with Crippen molar-refractivity contribution in [2.24, 2.45) is 0 Å². The van der Waals surface area contributed by atoms with Crippen molar-refractivity contribution in [3.63, 3.8) is 0 Å². The van der Waals surface area contributed by atoms with Crippen LogP contribution in [0.25, 0.3) is 0 Å².